The van der Waals surface area contributed by atoms with E-state index in [1.807, 2.05) is 42.5 Å². The molecule has 0 aliphatic heterocycles. The van der Waals surface area contributed by atoms with E-state index in [-0.39, 0.29) is 17.6 Å². The molecule has 0 atom stereocenters. The van der Waals surface area contributed by atoms with Crippen molar-refractivity contribution in [3.8, 4) is 11.3 Å². The van der Waals surface area contributed by atoms with E-state index >= 15 is 0 Å². The van der Waals surface area contributed by atoms with Gasteiger partial charge in [0.2, 0.25) is 0 Å². The Labute approximate surface area is 165 Å². The lowest BCUT2D eigenvalue weighted by Gasteiger charge is -2.03. The highest BCUT2D eigenvalue weighted by molar-refractivity contribution is 7.20. The Morgan fingerprint density at radius 2 is 1.86 bits per heavy atom. The summed E-state index contributed by atoms with van der Waals surface area (Å²) >= 11 is 1.36. The van der Waals surface area contributed by atoms with Crippen molar-refractivity contribution < 1.29 is 18.7 Å². The van der Waals surface area contributed by atoms with Crippen molar-refractivity contribution in [2.75, 3.05) is 11.9 Å². The molecule has 28 heavy (non-hydrogen) atoms. The highest BCUT2D eigenvalue weighted by Crippen LogP contribution is 2.29. The maximum Gasteiger partial charge on any atom is 0.348 e. The van der Waals surface area contributed by atoms with Crippen molar-refractivity contribution in [1.29, 1.82) is 0 Å². The second-order valence-electron chi connectivity index (χ2n) is 6.07. The lowest BCUT2D eigenvalue weighted by atomic mass is 10.2. The summed E-state index contributed by atoms with van der Waals surface area (Å²) < 4.78 is 11.7. The van der Waals surface area contributed by atoms with E-state index in [0.29, 0.717) is 22.9 Å². The Hall–Kier alpha value is -3.38. The number of furan rings is 1. The number of carbonyl (C=O) groups is 2. The Bertz CT molecular complexity index is 1140. The number of anilines is 1. The summed E-state index contributed by atoms with van der Waals surface area (Å²) in [6.45, 7) is 2.11. The van der Waals surface area contributed by atoms with Crippen LogP contribution in [0.1, 0.15) is 27.2 Å². The molecule has 1 amide bonds. The van der Waals surface area contributed by atoms with Gasteiger partial charge in [-0.25, -0.2) is 4.79 Å². The number of fused-ring (bicyclic) bond motifs is 1. The van der Waals surface area contributed by atoms with Crippen LogP contribution in [-0.2, 0) is 4.74 Å². The highest BCUT2D eigenvalue weighted by atomic mass is 32.1. The van der Waals surface area contributed by atoms with Crippen LogP contribution in [0.4, 0.5) is 5.69 Å². The third-order valence-corrected chi connectivity index (χ3v) is 5.24. The lowest BCUT2D eigenvalue weighted by Crippen LogP contribution is -2.10. The second-order valence-corrected chi connectivity index (χ2v) is 7.15. The fourth-order valence-corrected chi connectivity index (χ4v) is 3.77. The van der Waals surface area contributed by atoms with Crippen LogP contribution in [0.25, 0.3) is 21.4 Å². The molecule has 0 aliphatic rings. The Balaban J connectivity index is 1.52. The monoisotopic (exact) mass is 391 g/mol. The number of hydrogen-bond acceptors (Lipinski definition) is 5. The molecular formula is C22H17NO4S. The number of hydrogen-bond donors (Lipinski definition) is 1. The molecule has 5 nitrogen and oxygen atoms in total. The van der Waals surface area contributed by atoms with E-state index in [1.54, 1.807) is 31.2 Å². The quantitative estimate of drug-likeness (QED) is 0.450. The van der Waals surface area contributed by atoms with Gasteiger partial charge >= 0.3 is 5.97 Å². The molecule has 2 heterocycles. The summed E-state index contributed by atoms with van der Waals surface area (Å²) in [6, 6.07) is 20.3. The molecule has 0 bridgehead atoms. The first-order valence-corrected chi connectivity index (χ1v) is 9.63. The number of nitrogens with one attached hydrogen (secondary N) is 1. The smallest absolute Gasteiger partial charge is 0.348 e. The van der Waals surface area contributed by atoms with Gasteiger partial charge in [0.15, 0.2) is 5.76 Å². The molecule has 0 saturated carbocycles. The van der Waals surface area contributed by atoms with Crippen LogP contribution in [0, 0.1) is 0 Å². The molecule has 0 unspecified atom stereocenters. The predicted octanol–water partition coefficient (Wildman–Crippen LogP) is 5.59. The average Bonchev–Trinajstić information content (AvgIpc) is 3.36. The van der Waals surface area contributed by atoms with Crippen LogP contribution in [0.15, 0.2) is 71.1 Å². The molecule has 0 saturated heterocycles. The van der Waals surface area contributed by atoms with Gasteiger partial charge in [0.25, 0.3) is 5.91 Å². The van der Waals surface area contributed by atoms with Crippen LogP contribution < -0.4 is 5.32 Å². The number of amides is 1. The molecule has 0 spiro atoms. The van der Waals surface area contributed by atoms with Crippen molar-refractivity contribution in [2.45, 2.75) is 6.92 Å². The third-order valence-electron chi connectivity index (χ3n) is 4.14. The maximum absolute atomic E-state index is 12.5. The van der Waals surface area contributed by atoms with E-state index in [0.717, 1.165) is 15.6 Å². The third kappa shape index (κ3) is 3.68. The topological polar surface area (TPSA) is 68.5 Å². The number of benzene rings is 2. The molecule has 1 N–H and O–H groups in total. The number of carbonyl (C=O) groups excluding carboxylic acids is 2. The SMILES string of the molecule is CCOC(=O)c1cc2cc(NC(=O)c3ccc(-c4ccccc4)o3)ccc2s1. The van der Waals surface area contributed by atoms with Gasteiger partial charge in [0.05, 0.1) is 6.61 Å². The van der Waals surface area contributed by atoms with Gasteiger partial charge in [-0.15, -0.1) is 11.3 Å². The Morgan fingerprint density at radius 3 is 2.64 bits per heavy atom. The van der Waals surface area contributed by atoms with Gasteiger partial charge < -0.3 is 14.5 Å². The van der Waals surface area contributed by atoms with Crippen LogP contribution in [0.3, 0.4) is 0 Å². The second kappa shape index (κ2) is 7.70. The Kier molecular flexibility index (Phi) is 4.95. The van der Waals surface area contributed by atoms with E-state index in [4.69, 9.17) is 9.15 Å². The number of thiophene rings is 1. The van der Waals surface area contributed by atoms with E-state index in [1.165, 1.54) is 11.3 Å². The van der Waals surface area contributed by atoms with Crippen LogP contribution in [0.5, 0.6) is 0 Å². The minimum absolute atomic E-state index is 0.233. The first-order valence-electron chi connectivity index (χ1n) is 8.81. The first kappa shape index (κ1) is 18.0. The molecule has 2 aromatic carbocycles. The minimum Gasteiger partial charge on any atom is -0.462 e. The molecule has 4 rings (SSSR count). The summed E-state index contributed by atoms with van der Waals surface area (Å²) in [5, 5.41) is 3.71. The van der Waals surface area contributed by atoms with Gasteiger partial charge in [-0.05, 0) is 48.7 Å². The lowest BCUT2D eigenvalue weighted by molar-refractivity contribution is 0.0532. The van der Waals surface area contributed by atoms with Gasteiger partial charge in [-0.2, -0.15) is 0 Å². The van der Waals surface area contributed by atoms with Crippen molar-refractivity contribution in [2.24, 2.45) is 0 Å². The predicted molar refractivity (Wildman–Crippen MR) is 110 cm³/mol. The normalized spacial score (nSPS) is 10.8. The summed E-state index contributed by atoms with van der Waals surface area (Å²) in [5.41, 5.74) is 1.54. The molecule has 2 aromatic heterocycles. The molecule has 0 radical (unpaired) electrons. The van der Waals surface area contributed by atoms with Crippen molar-refractivity contribution in [3.63, 3.8) is 0 Å². The van der Waals surface area contributed by atoms with Crippen LogP contribution in [-0.4, -0.2) is 18.5 Å². The van der Waals surface area contributed by atoms with E-state index in [9.17, 15) is 9.59 Å². The van der Waals surface area contributed by atoms with Gasteiger partial charge in [-0.1, -0.05) is 30.3 Å². The van der Waals surface area contributed by atoms with E-state index < -0.39 is 0 Å². The zero-order valence-electron chi connectivity index (χ0n) is 15.1. The molecule has 0 fully saturated rings. The Morgan fingerprint density at radius 1 is 1.04 bits per heavy atom. The summed E-state index contributed by atoms with van der Waals surface area (Å²) in [6.07, 6.45) is 0. The largest absolute Gasteiger partial charge is 0.462 e. The zero-order chi connectivity index (χ0) is 19.5. The van der Waals surface area contributed by atoms with Gasteiger partial charge in [-0.3, -0.25) is 4.79 Å². The summed E-state index contributed by atoms with van der Waals surface area (Å²) in [5.74, 6) is 0.204. The maximum atomic E-state index is 12.5. The van der Waals surface area contributed by atoms with Gasteiger partial charge in [0, 0.05) is 16.0 Å². The number of rotatable bonds is 5. The summed E-state index contributed by atoms with van der Waals surface area (Å²) in [7, 11) is 0. The molecular weight excluding hydrogens is 374 g/mol. The van der Waals surface area contributed by atoms with Crippen LogP contribution in [0.2, 0.25) is 0 Å². The first-order chi connectivity index (χ1) is 13.6. The zero-order valence-corrected chi connectivity index (χ0v) is 15.9. The summed E-state index contributed by atoms with van der Waals surface area (Å²) in [4.78, 5) is 24.9. The van der Waals surface area contributed by atoms with Crippen molar-refractivity contribution in [3.05, 3.63) is 77.4 Å². The number of ether oxygens (including phenoxy) is 1. The van der Waals surface area contributed by atoms with Crippen molar-refractivity contribution in [1.82, 2.24) is 0 Å². The average molecular weight is 391 g/mol. The highest BCUT2D eigenvalue weighted by Gasteiger charge is 2.14. The van der Waals surface area contributed by atoms with Gasteiger partial charge in [0.1, 0.15) is 10.6 Å². The fraction of sp³-hybridized carbons (Fsp3) is 0.0909. The van der Waals surface area contributed by atoms with Crippen molar-refractivity contribution >= 4 is 39.0 Å². The molecule has 140 valence electrons. The molecule has 4 aromatic rings. The molecule has 6 heteroatoms. The fourth-order valence-electron chi connectivity index (χ4n) is 2.83. The minimum atomic E-state index is -0.335. The standard InChI is InChI=1S/C22H17NO4S/c1-2-26-22(25)20-13-15-12-16(8-11-19(15)28-20)23-21(24)18-10-9-17(27-18)14-6-4-3-5-7-14/h3-13H,2H2,1H3,(H,23,24). The molecule has 0 aliphatic carbocycles. The number of esters is 1. The van der Waals surface area contributed by atoms with Crippen LogP contribution >= 0.6 is 11.3 Å². The van der Waals surface area contributed by atoms with E-state index in [2.05, 4.69) is 5.32 Å².